The maximum absolute atomic E-state index is 12.8. The predicted molar refractivity (Wildman–Crippen MR) is 195 cm³/mol. The Labute approximate surface area is 321 Å². The van der Waals surface area contributed by atoms with E-state index >= 15 is 0 Å². The van der Waals surface area contributed by atoms with Crippen molar-refractivity contribution < 1.29 is 61.6 Å². The molecule has 0 atom stereocenters. The van der Waals surface area contributed by atoms with E-state index in [1.807, 2.05) is 12.2 Å². The van der Waals surface area contributed by atoms with Crippen molar-refractivity contribution in [2.45, 2.75) is 173 Å². The smallest absolute Gasteiger partial charge is 0.744 e. The number of allylic oxidation sites excluding steroid dienone is 2. The minimum atomic E-state index is -4.83. The summed E-state index contributed by atoms with van der Waals surface area (Å²) >= 11 is 0. The second kappa shape index (κ2) is 32.5. The van der Waals surface area contributed by atoms with E-state index in [0.717, 1.165) is 50.3 Å². The van der Waals surface area contributed by atoms with E-state index in [-0.39, 0.29) is 53.9 Å². The van der Waals surface area contributed by atoms with Gasteiger partial charge in [-0.15, -0.1) is 0 Å². The maximum atomic E-state index is 12.8. The molecule has 0 saturated carbocycles. The Balaban J connectivity index is 0.0000230. The van der Waals surface area contributed by atoms with Crippen LogP contribution in [0.2, 0.25) is 0 Å². The van der Waals surface area contributed by atoms with Gasteiger partial charge in [-0.1, -0.05) is 167 Å². The van der Waals surface area contributed by atoms with Gasteiger partial charge in [0.05, 0.1) is 16.0 Å². The molecule has 0 saturated heterocycles. The third kappa shape index (κ3) is 26.1. The van der Waals surface area contributed by atoms with Crippen LogP contribution < -0.4 is 29.6 Å². The number of esters is 2. The summed E-state index contributed by atoms with van der Waals surface area (Å²) in [5, 5.41) is 0. The zero-order chi connectivity index (χ0) is 35.1. The monoisotopic (exact) mass is 712 g/mol. The van der Waals surface area contributed by atoms with Gasteiger partial charge in [-0.05, 0) is 43.9 Å². The van der Waals surface area contributed by atoms with Crippen LogP contribution in [0.3, 0.4) is 0 Å². The van der Waals surface area contributed by atoms with Crippen LogP contribution >= 0.6 is 0 Å². The van der Waals surface area contributed by atoms with Crippen LogP contribution in [0, 0.1) is 0 Å². The molecule has 9 heteroatoms. The van der Waals surface area contributed by atoms with Gasteiger partial charge in [-0.2, -0.15) is 0 Å². The van der Waals surface area contributed by atoms with Crippen molar-refractivity contribution in [1.29, 1.82) is 0 Å². The Morgan fingerprint density at radius 3 is 1.27 bits per heavy atom. The summed E-state index contributed by atoms with van der Waals surface area (Å²) in [5.41, 5.74) is -0.447. The van der Waals surface area contributed by atoms with Crippen molar-refractivity contribution in [3.8, 4) is 0 Å². The molecule has 274 valence electrons. The van der Waals surface area contributed by atoms with Crippen LogP contribution in [-0.4, -0.2) is 38.1 Å². The molecule has 0 amide bonds. The molecule has 1 rings (SSSR count). The number of unbranched alkanes of at least 4 members (excludes halogenated alkanes) is 22. The third-order valence-corrected chi connectivity index (χ3v) is 9.45. The normalized spacial score (nSPS) is 11.7. The summed E-state index contributed by atoms with van der Waals surface area (Å²) < 4.78 is 45.3. The number of rotatable bonds is 31. The molecule has 0 aliphatic heterocycles. The molecule has 0 N–H and O–H groups in total. The van der Waals surface area contributed by atoms with Gasteiger partial charge in [0.25, 0.3) is 0 Å². The van der Waals surface area contributed by atoms with E-state index in [0.29, 0.717) is 0 Å². The molecule has 1 aromatic rings. The van der Waals surface area contributed by atoms with E-state index in [9.17, 15) is 22.6 Å². The van der Waals surface area contributed by atoms with Crippen molar-refractivity contribution >= 4 is 22.1 Å². The van der Waals surface area contributed by atoms with E-state index in [1.165, 1.54) is 122 Å². The third-order valence-electron chi connectivity index (χ3n) is 8.62. The van der Waals surface area contributed by atoms with Crippen molar-refractivity contribution in [3.63, 3.8) is 0 Å². The molecular formula is C40H65NaO7S. The number of carbonyl (C=O) groups is 2. The minimum absolute atomic E-state index is 0. The van der Waals surface area contributed by atoms with Gasteiger partial charge in [0, 0.05) is 0 Å². The van der Waals surface area contributed by atoms with Gasteiger partial charge in [-0.25, -0.2) is 18.0 Å². The molecule has 0 aromatic heterocycles. The zero-order valence-corrected chi connectivity index (χ0v) is 34.0. The molecule has 7 nitrogen and oxygen atoms in total. The summed E-state index contributed by atoms with van der Waals surface area (Å²) in [6.45, 7) is 4.48. The van der Waals surface area contributed by atoms with Gasteiger partial charge in [0.2, 0.25) is 0 Å². The molecule has 0 aliphatic rings. The van der Waals surface area contributed by atoms with Gasteiger partial charge < -0.3 is 14.0 Å². The van der Waals surface area contributed by atoms with E-state index < -0.39 is 27.0 Å². The molecule has 0 aliphatic carbocycles. The molecule has 0 spiro atoms. The summed E-state index contributed by atoms with van der Waals surface area (Å²) in [7, 11) is -4.83. The molecule has 0 heterocycles. The van der Waals surface area contributed by atoms with E-state index in [2.05, 4.69) is 13.8 Å². The molecule has 0 radical (unpaired) electrons. The topological polar surface area (TPSA) is 110 Å². The largest absolute Gasteiger partial charge is 1.00 e. The molecule has 49 heavy (non-hydrogen) atoms. The summed E-state index contributed by atoms with van der Waals surface area (Å²) in [4.78, 5) is 25.0. The summed E-state index contributed by atoms with van der Waals surface area (Å²) in [6.07, 6.45) is 37.4. The fourth-order valence-corrected chi connectivity index (χ4v) is 6.15. The predicted octanol–water partition coefficient (Wildman–Crippen LogP) is 8.42. The number of hydrogen-bond acceptors (Lipinski definition) is 7. The molecule has 0 fully saturated rings. The SMILES string of the molecule is CCCCCCCCCCCCC/C=C/COC(=O)c1ccc(S(=O)(=O)[O-])cc1C(=O)OC/C=C/CCCCCCCCCCCCC.[Na+]. The van der Waals surface area contributed by atoms with Crippen molar-refractivity contribution in [1.82, 2.24) is 0 Å². The van der Waals surface area contributed by atoms with Crippen molar-refractivity contribution in [3.05, 3.63) is 53.6 Å². The zero-order valence-electron chi connectivity index (χ0n) is 31.2. The first-order valence-corrected chi connectivity index (χ1v) is 20.5. The van der Waals surface area contributed by atoms with Crippen LogP contribution in [0.1, 0.15) is 189 Å². The Morgan fingerprint density at radius 2 is 0.898 bits per heavy atom. The number of carbonyl (C=O) groups excluding carboxylic acids is 2. The first kappa shape index (κ1) is 47.5. The Morgan fingerprint density at radius 1 is 0.551 bits per heavy atom. The maximum Gasteiger partial charge on any atom is 1.00 e. The Kier molecular flexibility index (Phi) is 31.5. The number of hydrogen-bond donors (Lipinski definition) is 0. The average molecular weight is 713 g/mol. The van der Waals surface area contributed by atoms with E-state index in [1.54, 1.807) is 12.2 Å². The summed E-state index contributed by atoms with van der Waals surface area (Å²) in [5.74, 6) is -1.68. The Hall–Kier alpha value is -1.45. The average Bonchev–Trinajstić information content (AvgIpc) is 3.07. The fraction of sp³-hybridized carbons (Fsp3) is 0.700. The quantitative estimate of drug-likeness (QED) is 0.0250. The number of ether oxygens (including phenoxy) is 2. The van der Waals surface area contributed by atoms with Crippen LogP contribution in [0.5, 0.6) is 0 Å². The standard InChI is InChI=1S/C40H66O7S.Na/c1-3-5-7-9-11-13-15-17-19-21-23-25-27-29-33-46-39(41)37-32-31-36(48(43,44)45)35-38(37)40(42)47-34-30-28-26-24-22-20-18-16-14-12-10-8-6-4-2;/h27-32,35H,3-26,33-34H2,1-2H3,(H,43,44,45);/q;+1/p-1/b29-27+,30-28+;. The summed E-state index contributed by atoms with van der Waals surface area (Å²) in [6, 6.07) is 3.02. The first-order chi connectivity index (χ1) is 23.3. The molecule has 1 aromatic carbocycles. The van der Waals surface area contributed by atoms with Gasteiger partial charge in [0.1, 0.15) is 23.3 Å². The fourth-order valence-electron chi connectivity index (χ4n) is 5.65. The van der Waals surface area contributed by atoms with Crippen LogP contribution in [-0.2, 0) is 19.6 Å². The van der Waals surface area contributed by atoms with Gasteiger partial charge in [0.15, 0.2) is 0 Å². The molecule has 0 bridgehead atoms. The van der Waals surface area contributed by atoms with Gasteiger partial charge in [-0.3, -0.25) is 0 Å². The Bertz CT molecular complexity index is 1150. The molecule has 0 unspecified atom stereocenters. The first-order valence-electron chi connectivity index (χ1n) is 19.0. The van der Waals surface area contributed by atoms with Crippen LogP contribution in [0.15, 0.2) is 47.4 Å². The number of benzene rings is 1. The van der Waals surface area contributed by atoms with Crippen LogP contribution in [0.25, 0.3) is 0 Å². The second-order valence-corrected chi connectivity index (χ2v) is 14.3. The second-order valence-electron chi connectivity index (χ2n) is 12.9. The van der Waals surface area contributed by atoms with Gasteiger partial charge >= 0.3 is 41.5 Å². The minimum Gasteiger partial charge on any atom is -0.744 e. The molecular weight excluding hydrogens is 647 g/mol. The van der Waals surface area contributed by atoms with Crippen molar-refractivity contribution in [2.75, 3.05) is 13.2 Å². The van der Waals surface area contributed by atoms with E-state index in [4.69, 9.17) is 9.47 Å². The van der Waals surface area contributed by atoms with Crippen LogP contribution in [0.4, 0.5) is 0 Å². The van der Waals surface area contributed by atoms with Crippen molar-refractivity contribution in [2.24, 2.45) is 0 Å².